The quantitative estimate of drug-likeness (QED) is 0.188. The van der Waals surface area contributed by atoms with E-state index in [2.05, 4.69) is 0 Å². The van der Waals surface area contributed by atoms with E-state index in [0.29, 0.717) is 0 Å². The Hall–Kier alpha value is 1.18. The van der Waals surface area contributed by atoms with Crippen LogP contribution in [0.1, 0.15) is 57.8 Å². The molecular weight excluding hydrogens is 379 g/mol. The van der Waals surface area contributed by atoms with E-state index >= 15 is 0 Å². The van der Waals surface area contributed by atoms with Crippen molar-refractivity contribution in [2.24, 2.45) is 0 Å². The summed E-state index contributed by atoms with van der Waals surface area (Å²) in [6.45, 7) is 0. The molecule has 0 aromatic heterocycles. The normalized spacial score (nSPS) is 12.8. The first-order valence-corrected chi connectivity index (χ1v) is 15.3. The summed E-state index contributed by atoms with van der Waals surface area (Å²) in [6.07, 6.45) is 11.0. The van der Waals surface area contributed by atoms with Gasteiger partial charge in [0.15, 0.2) is 0 Å². The molecule has 0 saturated heterocycles. The van der Waals surface area contributed by atoms with Crippen LogP contribution in [-0.4, -0.2) is 36.1 Å². The van der Waals surface area contributed by atoms with Gasteiger partial charge in [-0.1, -0.05) is 51.4 Å². The summed E-state index contributed by atoms with van der Waals surface area (Å²) in [6, 6.07) is -0.690. The Balaban J connectivity index is 3.37. The third-order valence-corrected chi connectivity index (χ3v) is 9.33. The second-order valence-corrected chi connectivity index (χ2v) is 18.0. The molecule has 0 fully saturated rings. The van der Waals surface area contributed by atoms with Crippen LogP contribution in [0.4, 0.5) is 0 Å². The Labute approximate surface area is 152 Å². The zero-order valence-corrected chi connectivity index (χ0v) is 18.4. The maximum atomic E-state index is 5.85. The highest BCUT2D eigenvalue weighted by Gasteiger charge is 2.36. The molecule has 0 amide bonds. The van der Waals surface area contributed by atoms with Gasteiger partial charge in [0, 0.05) is 27.4 Å². The first-order valence-electron chi connectivity index (χ1n) is 8.11. The summed E-state index contributed by atoms with van der Waals surface area (Å²) in [4.78, 5) is 0. The lowest BCUT2D eigenvalue weighted by molar-refractivity contribution is 0.122. The smallest absolute Gasteiger partial charge is 0.377 e. The highest BCUT2D eigenvalue weighted by Crippen LogP contribution is 2.27. The van der Waals surface area contributed by atoms with Crippen molar-refractivity contribution in [2.75, 3.05) is 21.3 Å². The van der Waals surface area contributed by atoms with E-state index in [1.807, 2.05) is 0 Å². The van der Waals surface area contributed by atoms with Gasteiger partial charge in [-0.3, -0.25) is 0 Å². The number of hydrogen-bond donors (Lipinski definition) is 0. The van der Waals surface area contributed by atoms with Gasteiger partial charge in [0.25, 0.3) is 0 Å². The Morgan fingerprint density at radius 1 is 0.545 bits per heavy atom. The molecule has 0 aliphatic carbocycles. The number of halogens is 3. The van der Waals surface area contributed by atoms with Crippen LogP contribution in [0.15, 0.2) is 0 Å². The van der Waals surface area contributed by atoms with Gasteiger partial charge in [0.1, 0.15) is 0 Å². The van der Waals surface area contributed by atoms with Gasteiger partial charge >= 0.3 is 14.8 Å². The Bertz CT molecular complexity index is 254. The van der Waals surface area contributed by atoms with Crippen LogP contribution < -0.4 is 0 Å². The molecule has 0 saturated carbocycles. The van der Waals surface area contributed by atoms with Crippen molar-refractivity contribution in [1.82, 2.24) is 0 Å². The van der Waals surface area contributed by atoms with E-state index in [9.17, 15) is 0 Å². The molecule has 8 heteroatoms. The molecule has 0 N–H and O–H groups in total. The molecule has 0 spiro atoms. The summed E-state index contributed by atoms with van der Waals surface area (Å²) in [5.74, 6) is 0. The molecule has 0 aromatic rings. The summed E-state index contributed by atoms with van der Waals surface area (Å²) < 4.78 is 16.2. The predicted octanol–water partition coefficient (Wildman–Crippen LogP) is 6.03. The largest absolute Gasteiger partial charge is 0.500 e. The predicted molar refractivity (Wildman–Crippen MR) is 101 cm³/mol. The van der Waals surface area contributed by atoms with Crippen LogP contribution >= 0.6 is 33.2 Å². The molecule has 0 heterocycles. The van der Waals surface area contributed by atoms with Gasteiger partial charge in [0.2, 0.25) is 0 Å². The average Bonchev–Trinajstić information content (AvgIpc) is 2.48. The fourth-order valence-electron chi connectivity index (χ4n) is 2.46. The summed E-state index contributed by atoms with van der Waals surface area (Å²) >= 11 is 17.6. The molecule has 0 aromatic carbocycles. The van der Waals surface area contributed by atoms with Crippen molar-refractivity contribution in [3.8, 4) is 0 Å². The maximum absolute atomic E-state index is 5.85. The fraction of sp³-hybridized carbons (Fsp3) is 1.00. The SMILES string of the molecule is CO[Si](CCCCCCCCCCC[Si](Cl)(Cl)Cl)(OC)OC. The molecule has 0 radical (unpaired) electrons. The lowest BCUT2D eigenvalue weighted by atomic mass is 10.1. The van der Waals surface area contributed by atoms with Crippen LogP contribution in [0.5, 0.6) is 0 Å². The zero-order chi connectivity index (χ0) is 16.9. The number of unbranched alkanes of at least 4 members (excludes halogenated alkanes) is 8. The van der Waals surface area contributed by atoms with Gasteiger partial charge in [-0.2, -0.15) is 0 Å². The van der Waals surface area contributed by atoms with Crippen molar-refractivity contribution in [3.05, 3.63) is 0 Å². The number of hydrogen-bond acceptors (Lipinski definition) is 3. The second-order valence-electron chi connectivity index (χ2n) is 5.59. The van der Waals surface area contributed by atoms with E-state index in [-0.39, 0.29) is 0 Å². The third kappa shape index (κ3) is 12.6. The van der Waals surface area contributed by atoms with Crippen LogP contribution in [0.2, 0.25) is 12.1 Å². The molecule has 0 aliphatic rings. The first kappa shape index (κ1) is 23.2. The van der Waals surface area contributed by atoms with E-state index in [1.54, 1.807) is 21.3 Å². The Morgan fingerprint density at radius 2 is 0.864 bits per heavy atom. The summed E-state index contributed by atoms with van der Waals surface area (Å²) in [5, 5.41) is 0. The molecule has 0 bridgehead atoms. The van der Waals surface area contributed by atoms with Gasteiger partial charge in [-0.15, -0.1) is 33.2 Å². The minimum atomic E-state index is -2.38. The Kier molecular flexibility index (Phi) is 14.2. The molecule has 0 rings (SSSR count). The van der Waals surface area contributed by atoms with Crippen LogP contribution in [0.3, 0.4) is 0 Å². The molecule has 0 unspecified atom stereocenters. The van der Waals surface area contributed by atoms with Gasteiger partial charge in [-0.05, 0) is 12.5 Å². The number of rotatable bonds is 15. The highest BCUT2D eigenvalue weighted by atomic mass is 35.8. The first-order chi connectivity index (χ1) is 10.4. The molecule has 0 aliphatic heterocycles. The summed E-state index contributed by atoms with van der Waals surface area (Å²) in [5.41, 5.74) is 0. The Morgan fingerprint density at radius 3 is 1.18 bits per heavy atom. The minimum absolute atomic E-state index is 0.793. The summed E-state index contributed by atoms with van der Waals surface area (Å²) in [7, 11) is 2.66. The lowest BCUT2D eigenvalue weighted by Crippen LogP contribution is -2.42. The average molecular weight is 410 g/mol. The van der Waals surface area contributed by atoms with Crippen molar-refractivity contribution >= 4 is 48.0 Å². The molecular formula is C14H31Cl3O3Si2. The zero-order valence-electron chi connectivity index (χ0n) is 14.1. The van der Waals surface area contributed by atoms with Gasteiger partial charge in [-0.25, -0.2) is 0 Å². The van der Waals surface area contributed by atoms with Crippen LogP contribution in [0, 0.1) is 0 Å². The van der Waals surface area contributed by atoms with Gasteiger partial charge < -0.3 is 13.3 Å². The topological polar surface area (TPSA) is 27.7 Å². The molecule has 3 nitrogen and oxygen atoms in total. The fourth-order valence-corrected chi connectivity index (χ4v) is 6.11. The van der Waals surface area contributed by atoms with E-state index in [0.717, 1.165) is 24.9 Å². The van der Waals surface area contributed by atoms with E-state index in [1.165, 1.54) is 44.9 Å². The van der Waals surface area contributed by atoms with Crippen molar-refractivity contribution in [2.45, 2.75) is 69.9 Å². The van der Waals surface area contributed by atoms with Crippen molar-refractivity contribution in [3.63, 3.8) is 0 Å². The lowest BCUT2D eigenvalue weighted by Gasteiger charge is -2.24. The van der Waals surface area contributed by atoms with Crippen LogP contribution in [0.25, 0.3) is 0 Å². The third-order valence-electron chi connectivity index (χ3n) is 3.88. The minimum Gasteiger partial charge on any atom is -0.377 e. The molecule has 22 heavy (non-hydrogen) atoms. The van der Waals surface area contributed by atoms with E-state index in [4.69, 9.17) is 46.5 Å². The molecule has 134 valence electrons. The standard InChI is InChI=1S/C14H31Cl3O3Si2/c1-18-22(19-2,20-3)14-12-10-8-6-4-5-7-9-11-13-21(15,16)17/h4-14H2,1-3H3. The highest BCUT2D eigenvalue weighted by molar-refractivity contribution is 7.64. The monoisotopic (exact) mass is 408 g/mol. The van der Waals surface area contributed by atoms with E-state index < -0.39 is 14.8 Å². The van der Waals surface area contributed by atoms with Crippen molar-refractivity contribution < 1.29 is 13.3 Å². The van der Waals surface area contributed by atoms with Crippen LogP contribution in [-0.2, 0) is 13.3 Å². The molecule has 0 atom stereocenters. The van der Waals surface area contributed by atoms with Gasteiger partial charge in [0.05, 0.1) is 0 Å². The maximum Gasteiger partial charge on any atom is 0.500 e. The van der Waals surface area contributed by atoms with Crippen molar-refractivity contribution in [1.29, 1.82) is 0 Å². The second kappa shape index (κ2) is 13.5.